The monoisotopic (exact) mass is 462 g/mol. The van der Waals surface area contributed by atoms with E-state index < -0.39 is 0 Å². The first-order valence-corrected chi connectivity index (χ1v) is 11.9. The maximum Gasteiger partial charge on any atom is 0.247 e. The van der Waals surface area contributed by atoms with Crippen LogP contribution in [0.3, 0.4) is 0 Å². The van der Waals surface area contributed by atoms with Gasteiger partial charge in [-0.15, -0.1) is 0 Å². The number of amides is 3. The fourth-order valence-electron chi connectivity index (χ4n) is 5.09. The van der Waals surface area contributed by atoms with Crippen LogP contribution in [0.1, 0.15) is 24.8 Å². The molecular weight excluding hydrogens is 432 g/mol. The predicted octanol–water partition coefficient (Wildman–Crippen LogP) is 2.27. The number of carbonyl (C=O) groups is 3. The number of imide groups is 1. The summed E-state index contributed by atoms with van der Waals surface area (Å²) in [6, 6.07) is 15.2. The number of benzene rings is 2. The maximum absolute atomic E-state index is 13.1. The van der Waals surface area contributed by atoms with Crippen LogP contribution < -0.4 is 14.5 Å². The number of rotatable bonds is 6. The summed E-state index contributed by atoms with van der Waals surface area (Å²) in [5, 5.41) is 0. The van der Waals surface area contributed by atoms with E-state index in [4.69, 9.17) is 4.74 Å². The van der Waals surface area contributed by atoms with Crippen molar-refractivity contribution in [2.45, 2.75) is 31.8 Å². The van der Waals surface area contributed by atoms with Crippen molar-refractivity contribution in [2.75, 3.05) is 49.6 Å². The highest BCUT2D eigenvalue weighted by molar-refractivity contribution is 6.05. The van der Waals surface area contributed by atoms with Crippen molar-refractivity contribution in [3.63, 3.8) is 0 Å². The zero-order valence-corrected chi connectivity index (χ0v) is 19.5. The van der Waals surface area contributed by atoms with Gasteiger partial charge in [0.25, 0.3) is 0 Å². The van der Waals surface area contributed by atoms with E-state index in [1.54, 1.807) is 12.0 Å². The highest BCUT2D eigenvalue weighted by Gasteiger charge is 2.42. The Morgan fingerprint density at radius 2 is 1.50 bits per heavy atom. The number of hydrogen-bond donors (Lipinski definition) is 0. The van der Waals surface area contributed by atoms with Crippen molar-refractivity contribution >= 4 is 29.1 Å². The lowest BCUT2D eigenvalue weighted by molar-refractivity contribution is -0.140. The zero-order chi connectivity index (χ0) is 23.7. The van der Waals surface area contributed by atoms with Gasteiger partial charge < -0.3 is 14.5 Å². The van der Waals surface area contributed by atoms with Gasteiger partial charge >= 0.3 is 0 Å². The molecule has 8 nitrogen and oxygen atoms in total. The summed E-state index contributed by atoms with van der Waals surface area (Å²) in [5.41, 5.74) is 2.90. The zero-order valence-electron chi connectivity index (χ0n) is 19.5. The van der Waals surface area contributed by atoms with E-state index in [0.717, 1.165) is 61.8 Å². The van der Waals surface area contributed by atoms with E-state index in [0.29, 0.717) is 6.42 Å². The largest absolute Gasteiger partial charge is 0.497 e. The first-order valence-electron chi connectivity index (χ1n) is 11.9. The van der Waals surface area contributed by atoms with E-state index in [2.05, 4.69) is 9.80 Å². The van der Waals surface area contributed by atoms with Crippen LogP contribution in [0.25, 0.3) is 0 Å². The highest BCUT2D eigenvalue weighted by atomic mass is 16.5. The number of carbonyl (C=O) groups excluding carboxylic acids is 3. The Kier molecular flexibility index (Phi) is 6.24. The van der Waals surface area contributed by atoms with Crippen molar-refractivity contribution in [1.29, 1.82) is 0 Å². The van der Waals surface area contributed by atoms with Gasteiger partial charge in [0, 0.05) is 50.5 Å². The molecule has 2 aromatic rings. The fraction of sp³-hybridized carbons (Fsp3) is 0.423. The van der Waals surface area contributed by atoms with Crippen molar-refractivity contribution in [2.24, 2.45) is 0 Å². The molecule has 1 atom stereocenters. The molecule has 5 rings (SSSR count). The number of methoxy groups -OCH3 is 1. The van der Waals surface area contributed by atoms with Crippen LogP contribution in [0, 0.1) is 0 Å². The number of ether oxygens (including phenoxy) is 1. The highest BCUT2D eigenvalue weighted by Crippen LogP contribution is 2.26. The molecule has 0 radical (unpaired) electrons. The third-order valence-corrected chi connectivity index (χ3v) is 7.07. The Morgan fingerprint density at radius 3 is 2.12 bits per heavy atom. The fourth-order valence-corrected chi connectivity index (χ4v) is 5.09. The summed E-state index contributed by atoms with van der Waals surface area (Å²) >= 11 is 0. The van der Waals surface area contributed by atoms with Gasteiger partial charge in [0.2, 0.25) is 17.7 Å². The summed E-state index contributed by atoms with van der Waals surface area (Å²) in [6.45, 7) is 4.11. The normalized spacial score (nSPS) is 21.6. The van der Waals surface area contributed by atoms with Crippen LogP contribution in [-0.2, 0) is 20.9 Å². The molecule has 3 fully saturated rings. The van der Waals surface area contributed by atoms with E-state index in [-0.39, 0.29) is 36.7 Å². The lowest BCUT2D eigenvalue weighted by Crippen LogP contribution is -2.52. The molecule has 0 spiro atoms. The minimum absolute atomic E-state index is 0.110. The lowest BCUT2D eigenvalue weighted by Gasteiger charge is -2.38. The number of likely N-dealkylation sites (tertiary alicyclic amines) is 1. The second-order valence-corrected chi connectivity index (χ2v) is 9.07. The average Bonchev–Trinajstić information content (AvgIpc) is 3.43. The smallest absolute Gasteiger partial charge is 0.247 e. The van der Waals surface area contributed by atoms with Crippen LogP contribution in [-0.4, -0.2) is 73.4 Å². The topological polar surface area (TPSA) is 73.4 Å². The van der Waals surface area contributed by atoms with Crippen LogP contribution in [0.15, 0.2) is 48.5 Å². The number of anilines is 2. The predicted molar refractivity (Wildman–Crippen MR) is 129 cm³/mol. The standard InChI is InChI=1S/C26H30N4O4/c1-34-22-10-8-20(9-11-22)27-13-15-28(16-14-27)23-17-25(32)30(26(23)33)18-19-4-6-21(7-5-19)29-12-2-3-24(29)31/h4-11,23H,2-3,12-18H2,1H3/t23-/m0/s1. The van der Waals surface area contributed by atoms with Crippen LogP contribution >= 0.6 is 0 Å². The lowest BCUT2D eigenvalue weighted by atomic mass is 10.1. The Hall–Kier alpha value is -3.39. The second kappa shape index (κ2) is 9.46. The molecule has 3 saturated heterocycles. The molecular formula is C26H30N4O4. The third kappa shape index (κ3) is 4.37. The van der Waals surface area contributed by atoms with Crippen LogP contribution in [0.2, 0.25) is 0 Å². The van der Waals surface area contributed by atoms with Gasteiger partial charge in [-0.25, -0.2) is 0 Å². The summed E-state index contributed by atoms with van der Waals surface area (Å²) in [6.07, 6.45) is 1.71. The first kappa shape index (κ1) is 22.4. The van der Waals surface area contributed by atoms with Gasteiger partial charge in [-0.2, -0.15) is 0 Å². The Labute approximate surface area is 199 Å². The third-order valence-electron chi connectivity index (χ3n) is 7.07. The second-order valence-electron chi connectivity index (χ2n) is 9.07. The van der Waals surface area contributed by atoms with Gasteiger partial charge in [-0.1, -0.05) is 12.1 Å². The molecule has 0 aromatic heterocycles. The first-order chi connectivity index (χ1) is 16.5. The molecule has 178 valence electrons. The average molecular weight is 463 g/mol. The van der Waals surface area contributed by atoms with Crippen molar-refractivity contribution in [3.8, 4) is 5.75 Å². The molecule has 3 aliphatic rings. The molecule has 2 aromatic carbocycles. The van der Waals surface area contributed by atoms with E-state index in [1.165, 1.54) is 4.90 Å². The Balaban J connectivity index is 1.18. The molecule has 0 N–H and O–H groups in total. The van der Waals surface area contributed by atoms with E-state index in [9.17, 15) is 14.4 Å². The maximum atomic E-state index is 13.1. The van der Waals surface area contributed by atoms with E-state index in [1.807, 2.05) is 48.5 Å². The van der Waals surface area contributed by atoms with Crippen molar-refractivity contribution in [1.82, 2.24) is 9.80 Å². The molecule has 8 heteroatoms. The summed E-state index contributed by atoms with van der Waals surface area (Å²) < 4.78 is 5.23. The van der Waals surface area contributed by atoms with Gasteiger partial charge in [0.05, 0.1) is 26.1 Å². The summed E-state index contributed by atoms with van der Waals surface area (Å²) in [5.74, 6) is 0.748. The molecule has 3 aliphatic heterocycles. The number of hydrogen-bond acceptors (Lipinski definition) is 6. The van der Waals surface area contributed by atoms with Gasteiger partial charge in [0.1, 0.15) is 5.75 Å². The quantitative estimate of drug-likeness (QED) is 0.614. The molecule has 3 heterocycles. The van der Waals surface area contributed by atoms with Gasteiger partial charge in [-0.05, 0) is 48.4 Å². The number of nitrogens with zero attached hydrogens (tertiary/aromatic N) is 4. The van der Waals surface area contributed by atoms with Crippen LogP contribution in [0.5, 0.6) is 5.75 Å². The van der Waals surface area contributed by atoms with Gasteiger partial charge in [-0.3, -0.25) is 24.2 Å². The molecule has 0 aliphatic carbocycles. The molecule has 34 heavy (non-hydrogen) atoms. The van der Waals surface area contributed by atoms with Gasteiger partial charge in [0.15, 0.2) is 0 Å². The summed E-state index contributed by atoms with van der Waals surface area (Å²) in [4.78, 5) is 45.4. The summed E-state index contributed by atoms with van der Waals surface area (Å²) in [7, 11) is 1.66. The molecule has 3 amide bonds. The van der Waals surface area contributed by atoms with E-state index >= 15 is 0 Å². The number of piperazine rings is 1. The van der Waals surface area contributed by atoms with Crippen molar-refractivity contribution < 1.29 is 19.1 Å². The minimum Gasteiger partial charge on any atom is -0.497 e. The SMILES string of the molecule is COc1ccc(N2CCN([C@H]3CC(=O)N(Cc4ccc(N5CCCC5=O)cc4)C3=O)CC2)cc1. The Bertz CT molecular complexity index is 1060. The van der Waals surface area contributed by atoms with Crippen molar-refractivity contribution in [3.05, 3.63) is 54.1 Å². The minimum atomic E-state index is -0.382. The molecule has 0 saturated carbocycles. The Morgan fingerprint density at radius 1 is 0.824 bits per heavy atom. The molecule has 0 unspecified atom stereocenters. The van der Waals surface area contributed by atoms with Crippen LogP contribution in [0.4, 0.5) is 11.4 Å². The molecule has 0 bridgehead atoms.